The average Bonchev–Trinajstić information content (AvgIpc) is 2.71. The van der Waals surface area contributed by atoms with E-state index < -0.39 is 5.97 Å². The number of hydrogen-bond acceptors (Lipinski definition) is 2. The number of aromatic hydroxyl groups is 1. The van der Waals surface area contributed by atoms with Crippen LogP contribution in [0.4, 0.5) is 0 Å². The van der Waals surface area contributed by atoms with Gasteiger partial charge in [-0.1, -0.05) is 0 Å². The van der Waals surface area contributed by atoms with Crippen LogP contribution in [0.3, 0.4) is 0 Å². The van der Waals surface area contributed by atoms with Gasteiger partial charge in [0.05, 0.1) is 0 Å². The molecule has 0 aliphatic rings. The van der Waals surface area contributed by atoms with Gasteiger partial charge in [0.25, 0.3) is 0 Å². The lowest BCUT2D eigenvalue weighted by atomic mass is 10.2. The van der Waals surface area contributed by atoms with E-state index in [9.17, 15) is 9.90 Å². The second-order valence-corrected chi connectivity index (χ2v) is 3.10. The molecule has 0 radical (unpaired) electrons. The number of benzene rings is 1. The molecule has 0 aliphatic carbocycles. The molecule has 0 aliphatic heterocycles. The Labute approximate surface area is 86.0 Å². The minimum absolute atomic E-state index is 0.0961. The molecule has 0 unspecified atom stereocenters. The van der Waals surface area contributed by atoms with Crippen LogP contribution in [-0.2, 0) is 0 Å². The van der Waals surface area contributed by atoms with Gasteiger partial charge in [-0.2, -0.15) is 0 Å². The number of phenols is 1. The molecule has 2 N–H and O–H groups in total. The summed E-state index contributed by atoms with van der Waals surface area (Å²) in [5.41, 5.74) is 0.608. The predicted molar refractivity (Wildman–Crippen MR) is 54.4 cm³/mol. The highest BCUT2D eigenvalue weighted by Crippen LogP contribution is 2.20. The Kier molecular flexibility index (Phi) is 2.17. The van der Waals surface area contributed by atoms with Gasteiger partial charge in [0.15, 0.2) is 0 Å². The predicted octanol–water partition coefficient (Wildman–Crippen LogP) is 1.88. The lowest BCUT2D eigenvalue weighted by Gasteiger charge is -2.05. The molecule has 0 saturated heterocycles. The zero-order valence-corrected chi connectivity index (χ0v) is 7.79. The molecular formula is C11H9NO3. The molecule has 0 saturated carbocycles. The molecule has 76 valence electrons. The van der Waals surface area contributed by atoms with Crippen LogP contribution in [0, 0.1) is 0 Å². The Balaban J connectivity index is 2.52. The number of aromatic nitrogens is 1. The Morgan fingerprint density at radius 3 is 2.47 bits per heavy atom. The van der Waals surface area contributed by atoms with E-state index in [-0.39, 0.29) is 11.3 Å². The number of carbonyl (C=O) groups is 1. The van der Waals surface area contributed by atoms with Crippen molar-refractivity contribution in [2.45, 2.75) is 0 Å². The molecule has 0 spiro atoms. The zero-order chi connectivity index (χ0) is 10.8. The maximum Gasteiger partial charge on any atom is 0.339 e. The van der Waals surface area contributed by atoms with Crippen LogP contribution < -0.4 is 0 Å². The van der Waals surface area contributed by atoms with E-state index in [1.807, 2.05) is 12.1 Å². The third-order valence-electron chi connectivity index (χ3n) is 2.11. The second kappa shape index (κ2) is 3.49. The molecule has 0 fully saturated rings. The molecule has 4 heteroatoms. The molecule has 0 bridgehead atoms. The minimum atomic E-state index is -1.14. The molecule has 1 aromatic heterocycles. The van der Waals surface area contributed by atoms with Gasteiger partial charge < -0.3 is 14.8 Å². The van der Waals surface area contributed by atoms with Gasteiger partial charge in [-0.05, 0) is 30.3 Å². The van der Waals surface area contributed by atoms with Crippen LogP contribution in [0.2, 0.25) is 0 Å². The summed E-state index contributed by atoms with van der Waals surface area (Å²) < 4.78 is 1.77. The Bertz CT molecular complexity index is 489. The maximum absolute atomic E-state index is 10.8. The number of carboxylic acids is 1. The van der Waals surface area contributed by atoms with E-state index in [0.29, 0.717) is 5.69 Å². The molecular weight excluding hydrogens is 194 g/mol. The first-order chi connectivity index (χ1) is 7.18. The number of aromatic carboxylic acids is 1. The van der Waals surface area contributed by atoms with Crippen LogP contribution in [0.25, 0.3) is 5.69 Å². The van der Waals surface area contributed by atoms with Crippen LogP contribution in [0.5, 0.6) is 5.75 Å². The Hall–Kier alpha value is -2.23. The van der Waals surface area contributed by atoms with E-state index in [2.05, 4.69) is 0 Å². The van der Waals surface area contributed by atoms with Crippen LogP contribution in [0.15, 0.2) is 42.7 Å². The SMILES string of the molecule is O=C(O)c1cc(-n2cccc2)ccc1O. The first kappa shape index (κ1) is 9.33. The number of nitrogens with zero attached hydrogens (tertiary/aromatic N) is 1. The molecule has 2 rings (SSSR count). The molecule has 1 heterocycles. The Morgan fingerprint density at radius 2 is 1.87 bits per heavy atom. The number of carboxylic acid groups (broad SMARTS) is 1. The molecule has 4 nitrogen and oxygen atoms in total. The van der Waals surface area contributed by atoms with Crippen LogP contribution in [0.1, 0.15) is 10.4 Å². The number of hydrogen-bond donors (Lipinski definition) is 2. The Morgan fingerprint density at radius 1 is 1.20 bits per heavy atom. The van der Waals surface area contributed by atoms with Crippen LogP contribution >= 0.6 is 0 Å². The summed E-state index contributed by atoms with van der Waals surface area (Å²) >= 11 is 0. The van der Waals surface area contributed by atoms with Crippen molar-refractivity contribution in [3.05, 3.63) is 48.3 Å². The second-order valence-electron chi connectivity index (χ2n) is 3.10. The van der Waals surface area contributed by atoms with Crippen molar-refractivity contribution in [3.63, 3.8) is 0 Å². The monoisotopic (exact) mass is 203 g/mol. The summed E-state index contributed by atoms with van der Waals surface area (Å²) in [5, 5.41) is 18.1. The van der Waals surface area contributed by atoms with Gasteiger partial charge in [-0.15, -0.1) is 0 Å². The summed E-state index contributed by atoms with van der Waals surface area (Å²) in [6.45, 7) is 0. The summed E-state index contributed by atoms with van der Waals surface area (Å²) in [6.07, 6.45) is 3.61. The first-order valence-electron chi connectivity index (χ1n) is 4.38. The highest BCUT2D eigenvalue weighted by Gasteiger charge is 2.10. The van der Waals surface area contributed by atoms with E-state index in [0.717, 1.165) is 0 Å². The first-order valence-corrected chi connectivity index (χ1v) is 4.38. The fraction of sp³-hybridized carbons (Fsp3) is 0. The van der Waals surface area contributed by atoms with Crippen molar-refractivity contribution in [2.24, 2.45) is 0 Å². The summed E-state index contributed by atoms with van der Waals surface area (Å²) in [6, 6.07) is 8.14. The zero-order valence-electron chi connectivity index (χ0n) is 7.79. The fourth-order valence-corrected chi connectivity index (χ4v) is 1.36. The third-order valence-corrected chi connectivity index (χ3v) is 2.11. The lowest BCUT2D eigenvalue weighted by molar-refractivity contribution is 0.0693. The average molecular weight is 203 g/mol. The molecule has 15 heavy (non-hydrogen) atoms. The highest BCUT2D eigenvalue weighted by molar-refractivity contribution is 5.91. The van der Waals surface area contributed by atoms with E-state index >= 15 is 0 Å². The highest BCUT2D eigenvalue weighted by atomic mass is 16.4. The lowest BCUT2D eigenvalue weighted by Crippen LogP contribution is -1.99. The van der Waals surface area contributed by atoms with Crippen molar-refractivity contribution < 1.29 is 15.0 Å². The van der Waals surface area contributed by atoms with Gasteiger partial charge >= 0.3 is 5.97 Å². The van der Waals surface area contributed by atoms with Crippen molar-refractivity contribution in [2.75, 3.05) is 0 Å². The normalized spacial score (nSPS) is 10.1. The van der Waals surface area contributed by atoms with Crippen molar-refractivity contribution in [1.82, 2.24) is 4.57 Å². The standard InChI is InChI=1S/C11H9NO3/c13-10-4-3-8(7-9(10)11(14)15)12-5-1-2-6-12/h1-7,13H,(H,14,15). The van der Waals surface area contributed by atoms with Gasteiger partial charge in [0.1, 0.15) is 11.3 Å². The van der Waals surface area contributed by atoms with Crippen molar-refractivity contribution >= 4 is 5.97 Å². The van der Waals surface area contributed by atoms with Gasteiger partial charge in [0.2, 0.25) is 0 Å². The van der Waals surface area contributed by atoms with Crippen molar-refractivity contribution in [3.8, 4) is 11.4 Å². The maximum atomic E-state index is 10.8. The topological polar surface area (TPSA) is 62.5 Å². The van der Waals surface area contributed by atoms with Gasteiger partial charge in [0, 0.05) is 18.1 Å². The van der Waals surface area contributed by atoms with Gasteiger partial charge in [-0.3, -0.25) is 0 Å². The third kappa shape index (κ3) is 1.69. The van der Waals surface area contributed by atoms with E-state index in [4.69, 9.17) is 5.11 Å². The summed E-state index contributed by atoms with van der Waals surface area (Å²) in [4.78, 5) is 10.8. The largest absolute Gasteiger partial charge is 0.507 e. The fourth-order valence-electron chi connectivity index (χ4n) is 1.36. The van der Waals surface area contributed by atoms with Gasteiger partial charge in [-0.25, -0.2) is 4.79 Å². The molecule has 1 aromatic carbocycles. The van der Waals surface area contributed by atoms with Crippen LogP contribution in [-0.4, -0.2) is 20.7 Å². The summed E-state index contributed by atoms with van der Waals surface area (Å²) in [5.74, 6) is -1.36. The molecule has 0 amide bonds. The quantitative estimate of drug-likeness (QED) is 0.783. The molecule has 2 aromatic rings. The van der Waals surface area contributed by atoms with Crippen molar-refractivity contribution in [1.29, 1.82) is 0 Å². The minimum Gasteiger partial charge on any atom is -0.507 e. The number of rotatable bonds is 2. The smallest absolute Gasteiger partial charge is 0.339 e. The van der Waals surface area contributed by atoms with E-state index in [1.54, 1.807) is 23.0 Å². The molecule has 0 atom stereocenters. The summed E-state index contributed by atoms with van der Waals surface area (Å²) in [7, 11) is 0. The van der Waals surface area contributed by atoms with E-state index in [1.165, 1.54) is 12.1 Å².